The average Bonchev–Trinajstić information content (AvgIpc) is 2.75. The molecular weight excluding hydrogens is 204 g/mol. The minimum atomic E-state index is 0.687. The molecule has 0 aromatic rings. The van der Waals surface area contributed by atoms with Gasteiger partial charge in [0.1, 0.15) is 0 Å². The van der Waals surface area contributed by atoms with Gasteiger partial charge in [-0.2, -0.15) is 0 Å². The van der Waals surface area contributed by atoms with E-state index in [1.807, 2.05) is 0 Å². The highest BCUT2D eigenvalue weighted by atomic mass is 16.5. The Morgan fingerprint density at radius 2 is 2.19 bits per heavy atom. The van der Waals surface area contributed by atoms with E-state index in [4.69, 9.17) is 9.47 Å². The van der Waals surface area contributed by atoms with Gasteiger partial charge in [0.15, 0.2) is 0 Å². The van der Waals surface area contributed by atoms with Crippen LogP contribution in [0.4, 0.5) is 0 Å². The van der Waals surface area contributed by atoms with Gasteiger partial charge < -0.3 is 14.8 Å². The summed E-state index contributed by atoms with van der Waals surface area (Å²) in [6, 6.07) is 0.740. The number of ether oxygens (including phenoxy) is 2. The Balaban J connectivity index is 1.90. The van der Waals surface area contributed by atoms with Crippen molar-refractivity contribution in [3.63, 3.8) is 0 Å². The summed E-state index contributed by atoms with van der Waals surface area (Å²) in [6.07, 6.45) is 2.69. The predicted molar refractivity (Wildman–Crippen MR) is 65.8 cm³/mol. The van der Waals surface area contributed by atoms with E-state index in [-0.39, 0.29) is 0 Å². The van der Waals surface area contributed by atoms with Crippen LogP contribution in [0.5, 0.6) is 0 Å². The van der Waals surface area contributed by atoms with Crippen LogP contribution in [-0.2, 0) is 9.47 Å². The molecule has 1 unspecified atom stereocenters. The van der Waals surface area contributed by atoms with Crippen LogP contribution in [0.1, 0.15) is 19.8 Å². The SMILES string of the molecule is CCN1CCCC1CNCCOCCOC. The van der Waals surface area contributed by atoms with E-state index in [9.17, 15) is 0 Å². The molecule has 0 saturated carbocycles. The molecule has 16 heavy (non-hydrogen) atoms. The van der Waals surface area contributed by atoms with Gasteiger partial charge >= 0.3 is 0 Å². The molecule has 0 spiro atoms. The first-order valence-electron chi connectivity index (χ1n) is 6.40. The zero-order chi connectivity index (χ0) is 11.6. The van der Waals surface area contributed by atoms with E-state index in [1.54, 1.807) is 7.11 Å². The fraction of sp³-hybridized carbons (Fsp3) is 1.00. The maximum absolute atomic E-state index is 5.39. The quantitative estimate of drug-likeness (QED) is 0.592. The molecule has 1 saturated heterocycles. The highest BCUT2D eigenvalue weighted by molar-refractivity contribution is 4.79. The van der Waals surface area contributed by atoms with Crippen LogP contribution in [0.3, 0.4) is 0 Å². The van der Waals surface area contributed by atoms with E-state index in [0.717, 1.165) is 25.7 Å². The van der Waals surface area contributed by atoms with E-state index < -0.39 is 0 Å². The van der Waals surface area contributed by atoms with Gasteiger partial charge in [0.05, 0.1) is 19.8 Å². The lowest BCUT2D eigenvalue weighted by Crippen LogP contribution is -2.38. The van der Waals surface area contributed by atoms with E-state index in [0.29, 0.717) is 13.2 Å². The molecule has 4 heteroatoms. The summed E-state index contributed by atoms with van der Waals surface area (Å²) in [6.45, 7) is 8.90. The molecule has 1 aliphatic heterocycles. The van der Waals surface area contributed by atoms with Gasteiger partial charge in [-0.05, 0) is 25.9 Å². The maximum Gasteiger partial charge on any atom is 0.0700 e. The van der Waals surface area contributed by atoms with Crippen LogP contribution < -0.4 is 5.32 Å². The average molecular weight is 230 g/mol. The summed E-state index contributed by atoms with van der Waals surface area (Å²) in [5, 5.41) is 3.46. The van der Waals surface area contributed by atoms with Crippen LogP contribution in [0.2, 0.25) is 0 Å². The fourth-order valence-corrected chi connectivity index (χ4v) is 2.20. The molecule has 1 rings (SSSR count). The van der Waals surface area contributed by atoms with Crippen molar-refractivity contribution in [1.29, 1.82) is 0 Å². The first-order valence-corrected chi connectivity index (χ1v) is 6.40. The summed E-state index contributed by atoms with van der Waals surface area (Å²) in [5.41, 5.74) is 0. The predicted octanol–water partition coefficient (Wildman–Crippen LogP) is 0.723. The van der Waals surface area contributed by atoms with E-state index in [1.165, 1.54) is 25.9 Å². The molecule has 96 valence electrons. The molecule has 1 N–H and O–H groups in total. The van der Waals surface area contributed by atoms with Crippen molar-refractivity contribution in [2.24, 2.45) is 0 Å². The molecule has 0 amide bonds. The lowest BCUT2D eigenvalue weighted by atomic mass is 10.2. The number of likely N-dealkylation sites (tertiary alicyclic amines) is 1. The van der Waals surface area contributed by atoms with Crippen LogP contribution >= 0.6 is 0 Å². The summed E-state index contributed by atoms with van der Waals surface area (Å²) in [4.78, 5) is 2.55. The Kier molecular flexibility index (Phi) is 7.76. The number of rotatable bonds is 9. The van der Waals surface area contributed by atoms with E-state index in [2.05, 4.69) is 17.1 Å². The number of nitrogens with one attached hydrogen (secondary N) is 1. The number of likely N-dealkylation sites (N-methyl/N-ethyl adjacent to an activating group) is 1. The molecule has 1 fully saturated rings. The molecule has 4 nitrogen and oxygen atoms in total. The fourth-order valence-electron chi connectivity index (χ4n) is 2.20. The smallest absolute Gasteiger partial charge is 0.0700 e. The third-order valence-corrected chi connectivity index (χ3v) is 3.14. The second kappa shape index (κ2) is 8.93. The number of hydrogen-bond donors (Lipinski definition) is 1. The van der Waals surface area contributed by atoms with Gasteiger partial charge in [-0.25, -0.2) is 0 Å². The van der Waals surface area contributed by atoms with Crippen molar-refractivity contribution >= 4 is 0 Å². The van der Waals surface area contributed by atoms with Crippen molar-refractivity contribution in [3.8, 4) is 0 Å². The van der Waals surface area contributed by atoms with Crippen LogP contribution in [0.15, 0.2) is 0 Å². The van der Waals surface area contributed by atoms with Crippen LogP contribution in [-0.4, -0.2) is 64.1 Å². The van der Waals surface area contributed by atoms with Crippen molar-refractivity contribution in [2.75, 3.05) is 53.1 Å². The standard InChI is InChI=1S/C12H26N2O2/c1-3-14-7-4-5-12(14)11-13-6-8-16-10-9-15-2/h12-13H,3-11H2,1-2H3. The second-order valence-electron chi connectivity index (χ2n) is 4.23. The number of nitrogens with zero attached hydrogens (tertiary/aromatic N) is 1. The Labute approximate surface area is 99.3 Å². The zero-order valence-electron chi connectivity index (χ0n) is 10.7. The van der Waals surface area contributed by atoms with Crippen molar-refractivity contribution < 1.29 is 9.47 Å². The largest absolute Gasteiger partial charge is 0.382 e. The topological polar surface area (TPSA) is 33.7 Å². The molecule has 1 heterocycles. The molecule has 0 aromatic carbocycles. The van der Waals surface area contributed by atoms with Crippen molar-refractivity contribution in [2.45, 2.75) is 25.8 Å². The van der Waals surface area contributed by atoms with Gasteiger partial charge in [0.2, 0.25) is 0 Å². The molecule has 1 atom stereocenters. The Bertz CT molecular complexity index is 167. The summed E-state index contributed by atoms with van der Waals surface area (Å²) >= 11 is 0. The van der Waals surface area contributed by atoms with Gasteiger partial charge in [-0.1, -0.05) is 6.92 Å². The summed E-state index contributed by atoms with van der Waals surface area (Å²) in [7, 11) is 1.70. The molecule has 0 radical (unpaired) electrons. The van der Waals surface area contributed by atoms with Crippen molar-refractivity contribution in [3.05, 3.63) is 0 Å². The monoisotopic (exact) mass is 230 g/mol. The number of hydrogen-bond acceptors (Lipinski definition) is 4. The molecule has 1 aliphatic rings. The van der Waals surface area contributed by atoms with Crippen molar-refractivity contribution in [1.82, 2.24) is 10.2 Å². The Morgan fingerprint density at radius 3 is 2.94 bits per heavy atom. The van der Waals surface area contributed by atoms with Crippen LogP contribution in [0, 0.1) is 0 Å². The minimum Gasteiger partial charge on any atom is -0.382 e. The third-order valence-electron chi connectivity index (χ3n) is 3.14. The normalized spacial score (nSPS) is 21.8. The number of methoxy groups -OCH3 is 1. The van der Waals surface area contributed by atoms with Gasteiger partial charge in [-0.15, -0.1) is 0 Å². The highest BCUT2D eigenvalue weighted by Gasteiger charge is 2.21. The molecule has 0 aliphatic carbocycles. The third kappa shape index (κ3) is 5.25. The first-order chi connectivity index (χ1) is 7.88. The van der Waals surface area contributed by atoms with Gasteiger partial charge in [-0.3, -0.25) is 4.90 Å². The minimum absolute atomic E-state index is 0.687. The first kappa shape index (κ1) is 13.9. The maximum atomic E-state index is 5.39. The Hall–Kier alpha value is -0.160. The molecular formula is C12H26N2O2. The summed E-state index contributed by atoms with van der Waals surface area (Å²) < 4.78 is 10.3. The van der Waals surface area contributed by atoms with Gasteiger partial charge in [0.25, 0.3) is 0 Å². The lowest BCUT2D eigenvalue weighted by molar-refractivity contribution is 0.0714. The molecule has 0 aromatic heterocycles. The molecule has 0 bridgehead atoms. The Morgan fingerprint density at radius 1 is 1.31 bits per heavy atom. The highest BCUT2D eigenvalue weighted by Crippen LogP contribution is 2.15. The van der Waals surface area contributed by atoms with Gasteiger partial charge in [0, 0.05) is 26.2 Å². The zero-order valence-corrected chi connectivity index (χ0v) is 10.7. The van der Waals surface area contributed by atoms with E-state index >= 15 is 0 Å². The lowest BCUT2D eigenvalue weighted by Gasteiger charge is -2.22. The van der Waals surface area contributed by atoms with Crippen LogP contribution in [0.25, 0.3) is 0 Å². The summed E-state index contributed by atoms with van der Waals surface area (Å²) in [5.74, 6) is 0. The second-order valence-corrected chi connectivity index (χ2v) is 4.23.